The van der Waals surface area contributed by atoms with Gasteiger partial charge in [-0.25, -0.2) is 4.79 Å². The van der Waals surface area contributed by atoms with Gasteiger partial charge in [-0.15, -0.1) is 11.3 Å². The predicted octanol–water partition coefficient (Wildman–Crippen LogP) is 2.66. The number of thiophene rings is 1. The van der Waals surface area contributed by atoms with Crippen molar-refractivity contribution in [1.29, 1.82) is 0 Å². The van der Waals surface area contributed by atoms with Gasteiger partial charge in [0.1, 0.15) is 0 Å². The van der Waals surface area contributed by atoms with Crippen molar-refractivity contribution < 1.29 is 4.79 Å². The van der Waals surface area contributed by atoms with Gasteiger partial charge in [-0.3, -0.25) is 0 Å². The smallest absolute Gasteiger partial charge is 0.315 e. The van der Waals surface area contributed by atoms with Crippen molar-refractivity contribution in [3.05, 3.63) is 22.4 Å². The summed E-state index contributed by atoms with van der Waals surface area (Å²) < 4.78 is 0. The summed E-state index contributed by atoms with van der Waals surface area (Å²) in [5.74, 6) is 0. The van der Waals surface area contributed by atoms with Gasteiger partial charge in [0.15, 0.2) is 0 Å². The monoisotopic (exact) mass is 224 g/mol. The molecule has 1 aromatic heterocycles. The summed E-state index contributed by atoms with van der Waals surface area (Å²) in [7, 11) is 0. The molecule has 82 valence electrons. The lowest BCUT2D eigenvalue weighted by molar-refractivity contribution is 0.236. The second-order valence-electron chi connectivity index (χ2n) is 3.87. The molecule has 2 N–H and O–H groups in total. The van der Waals surface area contributed by atoms with Crippen molar-refractivity contribution >= 4 is 17.4 Å². The van der Waals surface area contributed by atoms with E-state index < -0.39 is 0 Å². The third-order valence-corrected chi connectivity index (χ3v) is 3.50. The molecule has 4 heteroatoms. The van der Waals surface area contributed by atoms with E-state index in [4.69, 9.17) is 0 Å². The molecule has 1 fully saturated rings. The van der Waals surface area contributed by atoms with Gasteiger partial charge >= 0.3 is 6.03 Å². The topological polar surface area (TPSA) is 41.1 Å². The molecule has 1 heterocycles. The fourth-order valence-corrected chi connectivity index (χ4v) is 2.34. The van der Waals surface area contributed by atoms with Crippen molar-refractivity contribution in [2.75, 3.05) is 0 Å². The second kappa shape index (κ2) is 4.66. The van der Waals surface area contributed by atoms with Crippen molar-refractivity contribution in [2.24, 2.45) is 0 Å². The summed E-state index contributed by atoms with van der Waals surface area (Å²) in [6.07, 6.45) is 3.19. The lowest BCUT2D eigenvalue weighted by Crippen LogP contribution is -2.38. The van der Waals surface area contributed by atoms with Crippen LogP contribution in [0, 0.1) is 0 Å². The van der Waals surface area contributed by atoms with E-state index >= 15 is 0 Å². The Morgan fingerprint density at radius 3 is 3.00 bits per heavy atom. The molecule has 0 bridgehead atoms. The molecule has 0 saturated heterocycles. The zero-order valence-electron chi connectivity index (χ0n) is 8.82. The van der Waals surface area contributed by atoms with E-state index in [2.05, 4.69) is 23.6 Å². The highest BCUT2D eigenvalue weighted by atomic mass is 32.1. The van der Waals surface area contributed by atoms with Gasteiger partial charge in [0, 0.05) is 10.9 Å². The van der Waals surface area contributed by atoms with Crippen LogP contribution in [0.3, 0.4) is 0 Å². The van der Waals surface area contributed by atoms with E-state index in [-0.39, 0.29) is 12.1 Å². The van der Waals surface area contributed by atoms with Crippen LogP contribution in [0.15, 0.2) is 17.5 Å². The van der Waals surface area contributed by atoms with Gasteiger partial charge < -0.3 is 10.6 Å². The first-order chi connectivity index (χ1) is 7.29. The Balaban J connectivity index is 1.87. The van der Waals surface area contributed by atoms with E-state index in [0.717, 1.165) is 19.3 Å². The Bertz CT molecular complexity index is 319. The molecule has 0 aromatic carbocycles. The molecule has 0 radical (unpaired) electrons. The third-order valence-electron chi connectivity index (χ3n) is 2.51. The Hall–Kier alpha value is -1.03. The van der Waals surface area contributed by atoms with Crippen LogP contribution >= 0.6 is 11.3 Å². The number of hydrogen-bond acceptors (Lipinski definition) is 2. The van der Waals surface area contributed by atoms with Crippen LogP contribution in [0.2, 0.25) is 0 Å². The zero-order valence-corrected chi connectivity index (χ0v) is 9.64. The van der Waals surface area contributed by atoms with Gasteiger partial charge in [0.2, 0.25) is 0 Å². The molecule has 1 aromatic rings. The molecular weight excluding hydrogens is 208 g/mol. The quantitative estimate of drug-likeness (QED) is 0.811. The van der Waals surface area contributed by atoms with E-state index in [1.54, 1.807) is 11.3 Å². The summed E-state index contributed by atoms with van der Waals surface area (Å²) >= 11 is 1.69. The van der Waals surface area contributed by atoms with Crippen LogP contribution < -0.4 is 10.6 Å². The summed E-state index contributed by atoms with van der Waals surface area (Å²) in [5, 5.41) is 7.98. The van der Waals surface area contributed by atoms with Crippen LogP contribution in [0.25, 0.3) is 0 Å². The maximum Gasteiger partial charge on any atom is 0.315 e. The molecule has 1 saturated carbocycles. The average Bonchev–Trinajstić information content (AvgIpc) is 2.86. The second-order valence-corrected chi connectivity index (χ2v) is 4.85. The minimum Gasteiger partial charge on any atom is -0.335 e. The Labute approximate surface area is 93.9 Å². The first kappa shape index (κ1) is 10.5. The van der Waals surface area contributed by atoms with Gasteiger partial charge in [-0.1, -0.05) is 13.0 Å². The van der Waals surface area contributed by atoms with Crippen LogP contribution in [0.4, 0.5) is 4.79 Å². The normalized spacial score (nSPS) is 17.1. The van der Waals surface area contributed by atoms with Gasteiger partial charge in [0.25, 0.3) is 0 Å². The van der Waals surface area contributed by atoms with Crippen molar-refractivity contribution in [2.45, 2.75) is 38.3 Å². The fraction of sp³-hybridized carbons (Fsp3) is 0.545. The molecule has 1 atom stereocenters. The fourth-order valence-electron chi connectivity index (χ4n) is 1.48. The zero-order chi connectivity index (χ0) is 10.7. The molecule has 0 aliphatic heterocycles. The van der Waals surface area contributed by atoms with Crippen molar-refractivity contribution in [3.63, 3.8) is 0 Å². The highest BCUT2D eigenvalue weighted by Gasteiger charge is 2.24. The third kappa shape index (κ3) is 2.96. The van der Waals surface area contributed by atoms with Crippen molar-refractivity contribution in [3.8, 4) is 0 Å². The summed E-state index contributed by atoms with van der Waals surface area (Å²) in [6, 6.07) is 4.63. The number of amides is 2. The predicted molar refractivity (Wildman–Crippen MR) is 62.0 cm³/mol. The summed E-state index contributed by atoms with van der Waals surface area (Å²) in [4.78, 5) is 12.8. The van der Waals surface area contributed by atoms with E-state index in [9.17, 15) is 4.79 Å². The molecule has 3 nitrogen and oxygen atoms in total. The standard InChI is InChI=1S/C11H16N2OS/c1-2-9(10-4-3-7-15-10)13-11(14)12-8-5-6-8/h3-4,7-9H,2,5-6H2,1H3,(H2,12,13,14). The maximum absolute atomic E-state index is 11.5. The summed E-state index contributed by atoms with van der Waals surface area (Å²) in [6.45, 7) is 2.09. The lowest BCUT2D eigenvalue weighted by Gasteiger charge is -2.15. The number of nitrogens with one attached hydrogen (secondary N) is 2. The molecule has 15 heavy (non-hydrogen) atoms. The first-order valence-electron chi connectivity index (χ1n) is 5.40. The van der Waals surface area contributed by atoms with Gasteiger partial charge in [-0.05, 0) is 30.7 Å². The van der Waals surface area contributed by atoms with Crippen LogP contribution in [0.5, 0.6) is 0 Å². The highest BCUT2D eigenvalue weighted by Crippen LogP contribution is 2.22. The van der Waals surface area contributed by atoms with Crippen LogP contribution in [0.1, 0.15) is 37.1 Å². The molecule has 1 aliphatic carbocycles. The minimum absolute atomic E-state index is 0.0299. The Kier molecular flexibility index (Phi) is 3.26. The minimum atomic E-state index is -0.0299. The largest absolute Gasteiger partial charge is 0.335 e. The molecule has 1 unspecified atom stereocenters. The van der Waals surface area contributed by atoms with E-state index in [0.29, 0.717) is 6.04 Å². The number of carbonyl (C=O) groups is 1. The number of urea groups is 1. The SMILES string of the molecule is CCC(NC(=O)NC1CC1)c1cccs1. The number of carbonyl (C=O) groups excluding carboxylic acids is 1. The van der Waals surface area contributed by atoms with E-state index in [1.807, 2.05) is 11.4 Å². The van der Waals surface area contributed by atoms with Crippen LogP contribution in [-0.2, 0) is 0 Å². The molecule has 1 aliphatic rings. The van der Waals surface area contributed by atoms with Crippen molar-refractivity contribution in [1.82, 2.24) is 10.6 Å². The van der Waals surface area contributed by atoms with Gasteiger partial charge in [0.05, 0.1) is 6.04 Å². The summed E-state index contributed by atoms with van der Waals surface area (Å²) in [5.41, 5.74) is 0. The average molecular weight is 224 g/mol. The maximum atomic E-state index is 11.5. The molecule has 2 rings (SSSR count). The van der Waals surface area contributed by atoms with Crippen LogP contribution in [-0.4, -0.2) is 12.1 Å². The number of rotatable bonds is 4. The Morgan fingerprint density at radius 1 is 1.67 bits per heavy atom. The van der Waals surface area contributed by atoms with Gasteiger partial charge in [-0.2, -0.15) is 0 Å². The lowest BCUT2D eigenvalue weighted by atomic mass is 10.2. The Morgan fingerprint density at radius 2 is 2.47 bits per heavy atom. The molecular formula is C11H16N2OS. The highest BCUT2D eigenvalue weighted by molar-refractivity contribution is 7.10. The molecule has 2 amide bonds. The first-order valence-corrected chi connectivity index (χ1v) is 6.28. The number of hydrogen-bond donors (Lipinski definition) is 2. The molecule has 0 spiro atoms. The van der Waals surface area contributed by atoms with E-state index in [1.165, 1.54) is 4.88 Å².